The highest BCUT2D eigenvalue weighted by Crippen LogP contribution is 2.18. The predicted octanol–water partition coefficient (Wildman–Crippen LogP) is 2.06. The first-order valence-electron chi connectivity index (χ1n) is 5.23. The van der Waals surface area contributed by atoms with Crippen molar-refractivity contribution in [2.24, 2.45) is 0 Å². The summed E-state index contributed by atoms with van der Waals surface area (Å²) in [7, 11) is 0. The molecule has 1 fully saturated rings. The van der Waals surface area contributed by atoms with E-state index in [1.807, 2.05) is 11.8 Å². The molecule has 0 aromatic rings. The predicted molar refractivity (Wildman–Crippen MR) is 57.2 cm³/mol. The lowest BCUT2D eigenvalue weighted by molar-refractivity contribution is 0.104. The van der Waals surface area contributed by atoms with Crippen molar-refractivity contribution in [3.05, 3.63) is 0 Å². The third-order valence-corrected chi connectivity index (χ3v) is 3.44. The van der Waals surface area contributed by atoms with Crippen molar-refractivity contribution >= 4 is 11.8 Å². The number of hydrogen-bond donors (Lipinski definition) is 1. The summed E-state index contributed by atoms with van der Waals surface area (Å²) in [5.41, 5.74) is 0. The monoisotopic (exact) mass is 204 g/mol. The van der Waals surface area contributed by atoms with Gasteiger partial charge in [0.25, 0.3) is 0 Å². The molecule has 1 saturated heterocycles. The largest absolute Gasteiger partial charge is 0.396 e. The van der Waals surface area contributed by atoms with Crippen molar-refractivity contribution < 1.29 is 9.84 Å². The average molecular weight is 204 g/mol. The van der Waals surface area contributed by atoms with Crippen molar-refractivity contribution in [1.82, 2.24) is 0 Å². The fourth-order valence-corrected chi connectivity index (χ4v) is 2.46. The second kappa shape index (κ2) is 7.65. The highest BCUT2D eigenvalue weighted by Gasteiger charge is 2.14. The molecule has 1 atom stereocenters. The Labute approximate surface area is 85.0 Å². The zero-order chi connectivity index (χ0) is 9.36. The van der Waals surface area contributed by atoms with E-state index in [4.69, 9.17) is 9.84 Å². The summed E-state index contributed by atoms with van der Waals surface area (Å²) < 4.78 is 5.53. The molecule has 0 spiro atoms. The normalized spacial score (nSPS) is 22.4. The summed E-state index contributed by atoms with van der Waals surface area (Å²) in [6.45, 7) is 1.31. The number of rotatable bonds is 7. The SMILES string of the molecule is OCCCSCCCC1CCCO1. The van der Waals surface area contributed by atoms with Crippen molar-refractivity contribution in [1.29, 1.82) is 0 Å². The minimum Gasteiger partial charge on any atom is -0.396 e. The summed E-state index contributed by atoms with van der Waals surface area (Å²) in [6, 6.07) is 0. The Hall–Kier alpha value is 0.270. The van der Waals surface area contributed by atoms with Crippen LogP contribution in [0.15, 0.2) is 0 Å². The molecule has 1 heterocycles. The molecule has 1 aliphatic rings. The maximum Gasteiger partial charge on any atom is 0.0576 e. The van der Waals surface area contributed by atoms with E-state index in [9.17, 15) is 0 Å². The second-order valence-corrected chi connectivity index (χ2v) is 4.69. The molecule has 0 radical (unpaired) electrons. The maximum absolute atomic E-state index is 8.56. The Morgan fingerprint density at radius 1 is 1.31 bits per heavy atom. The molecular formula is C10H20O2S. The van der Waals surface area contributed by atoms with Gasteiger partial charge in [0.05, 0.1) is 6.10 Å². The Kier molecular flexibility index (Phi) is 6.68. The van der Waals surface area contributed by atoms with Gasteiger partial charge in [0.15, 0.2) is 0 Å². The van der Waals surface area contributed by atoms with E-state index in [0.717, 1.165) is 18.8 Å². The standard InChI is InChI=1S/C10H20O2S/c11-6-3-9-13-8-2-5-10-4-1-7-12-10/h10-11H,1-9H2. The zero-order valence-corrected chi connectivity index (χ0v) is 9.02. The first kappa shape index (κ1) is 11.3. The van der Waals surface area contributed by atoms with Gasteiger partial charge in [0, 0.05) is 13.2 Å². The number of aliphatic hydroxyl groups is 1. The summed E-state index contributed by atoms with van der Waals surface area (Å²) in [6.07, 6.45) is 6.50. The van der Waals surface area contributed by atoms with Crippen LogP contribution >= 0.6 is 11.8 Å². The van der Waals surface area contributed by atoms with Crippen LogP contribution in [0.5, 0.6) is 0 Å². The first-order valence-corrected chi connectivity index (χ1v) is 6.39. The smallest absolute Gasteiger partial charge is 0.0576 e. The fraction of sp³-hybridized carbons (Fsp3) is 1.00. The van der Waals surface area contributed by atoms with Gasteiger partial charge < -0.3 is 9.84 Å². The van der Waals surface area contributed by atoms with E-state index in [1.54, 1.807) is 0 Å². The third kappa shape index (κ3) is 5.55. The van der Waals surface area contributed by atoms with E-state index in [0.29, 0.717) is 12.7 Å². The molecule has 0 amide bonds. The Balaban J connectivity index is 1.78. The van der Waals surface area contributed by atoms with Gasteiger partial charge in [-0.05, 0) is 43.6 Å². The molecule has 78 valence electrons. The summed E-state index contributed by atoms with van der Waals surface area (Å²) >= 11 is 1.95. The maximum atomic E-state index is 8.56. The van der Waals surface area contributed by atoms with Crippen molar-refractivity contribution in [3.63, 3.8) is 0 Å². The van der Waals surface area contributed by atoms with Crippen LogP contribution in [-0.2, 0) is 4.74 Å². The molecule has 1 unspecified atom stereocenters. The Morgan fingerprint density at radius 3 is 2.85 bits per heavy atom. The number of hydrogen-bond acceptors (Lipinski definition) is 3. The van der Waals surface area contributed by atoms with Crippen molar-refractivity contribution in [3.8, 4) is 0 Å². The quantitative estimate of drug-likeness (QED) is 0.644. The van der Waals surface area contributed by atoms with Crippen molar-refractivity contribution in [2.45, 2.75) is 38.2 Å². The molecule has 0 saturated carbocycles. The average Bonchev–Trinajstić information content (AvgIpc) is 2.63. The van der Waals surface area contributed by atoms with E-state index in [-0.39, 0.29) is 0 Å². The lowest BCUT2D eigenvalue weighted by Crippen LogP contribution is -2.04. The number of thioether (sulfide) groups is 1. The van der Waals surface area contributed by atoms with E-state index in [1.165, 1.54) is 31.4 Å². The molecule has 0 aliphatic carbocycles. The van der Waals surface area contributed by atoms with Gasteiger partial charge in [0.1, 0.15) is 0 Å². The third-order valence-electron chi connectivity index (χ3n) is 2.29. The molecule has 0 aromatic heterocycles. The van der Waals surface area contributed by atoms with Crippen LogP contribution in [0.4, 0.5) is 0 Å². The van der Waals surface area contributed by atoms with Crippen LogP contribution in [0.25, 0.3) is 0 Å². The highest BCUT2D eigenvalue weighted by molar-refractivity contribution is 7.99. The lowest BCUT2D eigenvalue weighted by Gasteiger charge is -2.07. The van der Waals surface area contributed by atoms with Gasteiger partial charge in [-0.1, -0.05) is 0 Å². The van der Waals surface area contributed by atoms with Gasteiger partial charge >= 0.3 is 0 Å². The van der Waals surface area contributed by atoms with Crippen LogP contribution in [0.2, 0.25) is 0 Å². The van der Waals surface area contributed by atoms with Gasteiger partial charge in [-0.15, -0.1) is 0 Å². The van der Waals surface area contributed by atoms with Crippen LogP contribution < -0.4 is 0 Å². The number of ether oxygens (including phenoxy) is 1. The molecule has 1 rings (SSSR count). The van der Waals surface area contributed by atoms with E-state index >= 15 is 0 Å². The fourth-order valence-electron chi connectivity index (χ4n) is 1.55. The second-order valence-electron chi connectivity index (χ2n) is 3.47. The van der Waals surface area contributed by atoms with Gasteiger partial charge in [-0.3, -0.25) is 0 Å². The highest BCUT2D eigenvalue weighted by atomic mass is 32.2. The van der Waals surface area contributed by atoms with Crippen LogP contribution in [0.1, 0.15) is 32.1 Å². The lowest BCUT2D eigenvalue weighted by atomic mass is 10.1. The Bertz CT molecular complexity index is 113. The molecule has 3 heteroatoms. The molecule has 1 aliphatic heterocycles. The first-order chi connectivity index (χ1) is 6.43. The van der Waals surface area contributed by atoms with Gasteiger partial charge in [-0.25, -0.2) is 0 Å². The molecular weight excluding hydrogens is 184 g/mol. The topological polar surface area (TPSA) is 29.5 Å². The molecule has 0 bridgehead atoms. The summed E-state index contributed by atoms with van der Waals surface area (Å²) in [5, 5.41) is 8.56. The van der Waals surface area contributed by atoms with Gasteiger partial charge in [0.2, 0.25) is 0 Å². The number of aliphatic hydroxyl groups excluding tert-OH is 1. The summed E-state index contributed by atoms with van der Waals surface area (Å²) in [5.74, 6) is 2.32. The minimum absolute atomic E-state index is 0.332. The zero-order valence-electron chi connectivity index (χ0n) is 8.21. The van der Waals surface area contributed by atoms with Crippen LogP contribution in [0.3, 0.4) is 0 Å². The van der Waals surface area contributed by atoms with Crippen LogP contribution in [0, 0.1) is 0 Å². The molecule has 1 N–H and O–H groups in total. The van der Waals surface area contributed by atoms with E-state index in [2.05, 4.69) is 0 Å². The van der Waals surface area contributed by atoms with E-state index < -0.39 is 0 Å². The molecule has 2 nitrogen and oxygen atoms in total. The molecule has 13 heavy (non-hydrogen) atoms. The molecule has 0 aromatic carbocycles. The summed E-state index contributed by atoms with van der Waals surface area (Å²) in [4.78, 5) is 0. The minimum atomic E-state index is 0.332. The Morgan fingerprint density at radius 2 is 2.15 bits per heavy atom. The van der Waals surface area contributed by atoms with Crippen LogP contribution in [-0.4, -0.2) is 35.9 Å². The van der Waals surface area contributed by atoms with Crippen molar-refractivity contribution in [2.75, 3.05) is 24.7 Å². The van der Waals surface area contributed by atoms with Gasteiger partial charge in [-0.2, -0.15) is 11.8 Å².